The van der Waals surface area contributed by atoms with Gasteiger partial charge in [-0.05, 0) is 42.8 Å². The molecule has 0 bridgehead atoms. The number of alkyl halides is 3. The molecule has 0 aliphatic carbocycles. The molecule has 0 spiro atoms. The number of nitrogens with zero attached hydrogens (tertiary/aromatic N) is 1. The summed E-state index contributed by atoms with van der Waals surface area (Å²) in [4.78, 5) is 1.74. The SMILES string of the molecule is Cc1cccc(N(C)c2cccc(C(F)(F)F)c2)c1.Cl. The van der Waals surface area contributed by atoms with Crippen molar-refractivity contribution in [2.24, 2.45) is 0 Å². The van der Waals surface area contributed by atoms with Crippen LogP contribution in [-0.4, -0.2) is 7.05 Å². The molecule has 0 radical (unpaired) electrons. The van der Waals surface area contributed by atoms with Gasteiger partial charge in [0, 0.05) is 18.4 Å². The molecule has 5 heteroatoms. The van der Waals surface area contributed by atoms with Crippen molar-refractivity contribution < 1.29 is 13.2 Å². The van der Waals surface area contributed by atoms with Crippen molar-refractivity contribution in [3.8, 4) is 0 Å². The van der Waals surface area contributed by atoms with E-state index in [4.69, 9.17) is 0 Å². The zero-order valence-electron chi connectivity index (χ0n) is 11.1. The highest BCUT2D eigenvalue weighted by Crippen LogP contribution is 2.33. The third-order valence-electron chi connectivity index (χ3n) is 2.95. The summed E-state index contributed by atoms with van der Waals surface area (Å²) in [5, 5.41) is 0. The zero-order chi connectivity index (χ0) is 14.0. The van der Waals surface area contributed by atoms with Crippen molar-refractivity contribution in [3.63, 3.8) is 0 Å². The Labute approximate surface area is 122 Å². The van der Waals surface area contributed by atoms with E-state index in [0.717, 1.165) is 23.4 Å². The zero-order valence-corrected chi connectivity index (χ0v) is 11.9. The number of aryl methyl sites for hydroxylation is 1. The summed E-state index contributed by atoms with van der Waals surface area (Å²) in [5.41, 5.74) is 1.81. The second kappa shape index (κ2) is 6.18. The molecular weight excluding hydrogens is 287 g/mol. The molecule has 0 heterocycles. The summed E-state index contributed by atoms with van der Waals surface area (Å²) in [5.74, 6) is 0. The minimum atomic E-state index is -4.32. The highest BCUT2D eigenvalue weighted by molar-refractivity contribution is 5.85. The molecule has 0 amide bonds. The molecule has 2 rings (SSSR count). The lowest BCUT2D eigenvalue weighted by Crippen LogP contribution is -2.11. The van der Waals surface area contributed by atoms with Gasteiger partial charge < -0.3 is 4.90 Å². The first-order valence-corrected chi connectivity index (χ1v) is 5.85. The summed E-state index contributed by atoms with van der Waals surface area (Å²) in [7, 11) is 1.75. The number of benzene rings is 2. The summed E-state index contributed by atoms with van der Waals surface area (Å²) >= 11 is 0. The van der Waals surface area contributed by atoms with Gasteiger partial charge in [-0.15, -0.1) is 12.4 Å². The van der Waals surface area contributed by atoms with Crippen LogP contribution in [0, 0.1) is 6.92 Å². The molecule has 0 aliphatic rings. The highest BCUT2D eigenvalue weighted by atomic mass is 35.5. The fraction of sp³-hybridized carbons (Fsp3) is 0.200. The maximum absolute atomic E-state index is 12.7. The third kappa shape index (κ3) is 3.67. The molecule has 0 aliphatic heterocycles. The molecule has 20 heavy (non-hydrogen) atoms. The Kier molecular flexibility index (Phi) is 5.06. The molecule has 0 aromatic heterocycles. The van der Waals surface area contributed by atoms with Crippen LogP contribution in [0.3, 0.4) is 0 Å². The minimum Gasteiger partial charge on any atom is -0.345 e. The van der Waals surface area contributed by atoms with Crippen LogP contribution in [-0.2, 0) is 6.18 Å². The third-order valence-corrected chi connectivity index (χ3v) is 2.95. The summed E-state index contributed by atoms with van der Waals surface area (Å²) in [6.07, 6.45) is -4.32. The first-order valence-electron chi connectivity index (χ1n) is 5.85. The van der Waals surface area contributed by atoms with Crippen LogP contribution >= 0.6 is 12.4 Å². The van der Waals surface area contributed by atoms with E-state index in [-0.39, 0.29) is 12.4 Å². The smallest absolute Gasteiger partial charge is 0.345 e. The molecule has 0 atom stereocenters. The lowest BCUT2D eigenvalue weighted by Gasteiger charge is -2.21. The second-order valence-corrected chi connectivity index (χ2v) is 4.45. The Balaban J connectivity index is 0.00000200. The van der Waals surface area contributed by atoms with Crippen LogP contribution in [0.5, 0.6) is 0 Å². The Bertz CT molecular complexity index is 581. The first kappa shape index (κ1) is 16.4. The van der Waals surface area contributed by atoms with Crippen molar-refractivity contribution in [1.29, 1.82) is 0 Å². The topological polar surface area (TPSA) is 3.24 Å². The van der Waals surface area contributed by atoms with Gasteiger partial charge in [-0.1, -0.05) is 18.2 Å². The van der Waals surface area contributed by atoms with Crippen LogP contribution in [0.25, 0.3) is 0 Å². The predicted molar refractivity (Wildman–Crippen MR) is 77.9 cm³/mol. The average Bonchev–Trinajstić information content (AvgIpc) is 2.37. The first-order chi connectivity index (χ1) is 8.88. The molecule has 0 saturated heterocycles. The number of hydrogen-bond acceptors (Lipinski definition) is 1. The van der Waals surface area contributed by atoms with Crippen molar-refractivity contribution >= 4 is 23.8 Å². The molecule has 2 aromatic carbocycles. The van der Waals surface area contributed by atoms with Gasteiger partial charge in [-0.25, -0.2) is 0 Å². The van der Waals surface area contributed by atoms with Crippen molar-refractivity contribution in [3.05, 3.63) is 59.7 Å². The number of hydrogen-bond donors (Lipinski definition) is 0. The number of anilines is 2. The van der Waals surface area contributed by atoms with Crippen LogP contribution in [0.2, 0.25) is 0 Å². The van der Waals surface area contributed by atoms with Gasteiger partial charge in [0.05, 0.1) is 5.56 Å². The molecular formula is C15H15ClF3N. The lowest BCUT2D eigenvalue weighted by molar-refractivity contribution is -0.137. The van der Waals surface area contributed by atoms with Gasteiger partial charge in [0.2, 0.25) is 0 Å². The van der Waals surface area contributed by atoms with E-state index in [2.05, 4.69) is 0 Å². The molecule has 0 N–H and O–H groups in total. The Morgan fingerprint density at radius 3 is 2.00 bits per heavy atom. The van der Waals surface area contributed by atoms with Crippen LogP contribution in [0.15, 0.2) is 48.5 Å². The maximum Gasteiger partial charge on any atom is 0.416 e. The average molecular weight is 302 g/mol. The van der Waals surface area contributed by atoms with E-state index in [1.54, 1.807) is 18.0 Å². The van der Waals surface area contributed by atoms with Gasteiger partial charge in [-0.3, -0.25) is 0 Å². The van der Waals surface area contributed by atoms with E-state index in [1.807, 2.05) is 31.2 Å². The normalized spacial score (nSPS) is 10.8. The fourth-order valence-electron chi connectivity index (χ4n) is 1.88. The molecule has 108 valence electrons. The highest BCUT2D eigenvalue weighted by Gasteiger charge is 2.30. The van der Waals surface area contributed by atoms with Crippen LogP contribution < -0.4 is 4.90 Å². The van der Waals surface area contributed by atoms with Crippen molar-refractivity contribution in [2.75, 3.05) is 11.9 Å². The maximum atomic E-state index is 12.7. The van der Waals surface area contributed by atoms with Gasteiger partial charge in [0.25, 0.3) is 0 Å². The van der Waals surface area contributed by atoms with Crippen molar-refractivity contribution in [2.45, 2.75) is 13.1 Å². The molecule has 1 nitrogen and oxygen atoms in total. The van der Waals surface area contributed by atoms with Gasteiger partial charge >= 0.3 is 6.18 Å². The molecule has 0 saturated carbocycles. The molecule has 0 unspecified atom stereocenters. The van der Waals surface area contributed by atoms with E-state index in [1.165, 1.54) is 6.07 Å². The van der Waals surface area contributed by atoms with Crippen molar-refractivity contribution in [1.82, 2.24) is 0 Å². The standard InChI is InChI=1S/C15H14F3N.ClH/c1-11-5-3-7-13(9-11)19(2)14-8-4-6-12(10-14)15(16,17)18;/h3-10H,1-2H3;1H. The van der Waals surface area contributed by atoms with E-state index >= 15 is 0 Å². The monoisotopic (exact) mass is 301 g/mol. The van der Waals surface area contributed by atoms with Gasteiger partial charge in [0.1, 0.15) is 0 Å². The lowest BCUT2D eigenvalue weighted by atomic mass is 10.1. The van der Waals surface area contributed by atoms with Gasteiger partial charge in [0.15, 0.2) is 0 Å². The summed E-state index contributed by atoms with van der Waals surface area (Å²) in [6, 6.07) is 12.9. The van der Waals surface area contributed by atoms with Crippen LogP contribution in [0.1, 0.15) is 11.1 Å². The molecule has 0 fully saturated rings. The predicted octanol–water partition coefficient (Wildman–Crippen LogP) is 5.20. The number of halogens is 4. The van der Waals surface area contributed by atoms with E-state index < -0.39 is 11.7 Å². The largest absolute Gasteiger partial charge is 0.416 e. The minimum absolute atomic E-state index is 0. The van der Waals surface area contributed by atoms with E-state index in [0.29, 0.717) is 5.69 Å². The summed E-state index contributed by atoms with van der Waals surface area (Å²) < 4.78 is 38.0. The Hall–Kier alpha value is -1.68. The van der Waals surface area contributed by atoms with Crippen LogP contribution in [0.4, 0.5) is 24.5 Å². The molecule has 2 aromatic rings. The number of rotatable bonds is 2. The second-order valence-electron chi connectivity index (χ2n) is 4.45. The summed E-state index contributed by atoms with van der Waals surface area (Å²) in [6.45, 7) is 1.95. The van der Waals surface area contributed by atoms with E-state index in [9.17, 15) is 13.2 Å². The Morgan fingerprint density at radius 2 is 1.45 bits per heavy atom. The fourth-order valence-corrected chi connectivity index (χ4v) is 1.88. The van der Waals surface area contributed by atoms with Gasteiger partial charge in [-0.2, -0.15) is 13.2 Å². The quantitative estimate of drug-likeness (QED) is 0.736. The Morgan fingerprint density at radius 1 is 0.900 bits per heavy atom.